The number of rotatable bonds is 31. The van der Waals surface area contributed by atoms with Crippen LogP contribution < -0.4 is 16.0 Å². The minimum absolute atomic E-state index is 0.0870. The van der Waals surface area contributed by atoms with Crippen LogP contribution in [0.15, 0.2) is 15.0 Å². The maximum Gasteiger partial charge on any atom is 0.412 e. The number of aliphatic imine (C=N–C) groups is 3. The van der Waals surface area contributed by atoms with Gasteiger partial charge in [0, 0.05) is 38.9 Å². The quantitative estimate of drug-likeness (QED) is 0.0609. The van der Waals surface area contributed by atoms with Crippen molar-refractivity contribution in [2.45, 2.75) is 272 Å². The molecule has 0 saturated heterocycles. The monoisotopic (exact) mass is 839 g/mol. The molecular formula is C50H97F3N6. The van der Waals surface area contributed by atoms with Crippen LogP contribution in [-0.2, 0) is 0 Å². The van der Waals surface area contributed by atoms with Gasteiger partial charge in [-0.05, 0) is 30.6 Å². The lowest BCUT2D eigenvalue weighted by molar-refractivity contribution is -0.143. The number of halogens is 3. The first-order valence-corrected chi connectivity index (χ1v) is 25.3. The van der Waals surface area contributed by atoms with E-state index in [2.05, 4.69) is 76.3 Å². The Morgan fingerprint density at radius 3 is 1.00 bits per heavy atom. The number of nitrogens with one attached hydrogen (secondary N) is 3. The number of alkyl halides is 3. The molecule has 3 N–H and O–H groups in total. The van der Waals surface area contributed by atoms with Crippen LogP contribution >= 0.6 is 0 Å². The smallest absolute Gasteiger partial charge is 0.372 e. The molecule has 0 bridgehead atoms. The summed E-state index contributed by atoms with van der Waals surface area (Å²) >= 11 is 0. The predicted molar refractivity (Wildman–Crippen MR) is 254 cm³/mol. The number of hydrogen-bond donors (Lipinski definition) is 3. The van der Waals surface area contributed by atoms with Gasteiger partial charge in [-0.1, -0.05) is 209 Å². The molecule has 9 heteroatoms. The second-order valence-corrected chi connectivity index (χ2v) is 19.4. The minimum atomic E-state index is -4.20. The summed E-state index contributed by atoms with van der Waals surface area (Å²) in [5.41, 5.74) is 0.299. The zero-order valence-electron chi connectivity index (χ0n) is 40.1. The minimum Gasteiger partial charge on any atom is -0.372 e. The average molecular weight is 839 g/mol. The molecule has 0 saturated carbocycles. The molecule has 3 unspecified atom stereocenters. The Hall–Kier alpha value is -1.80. The lowest BCUT2D eigenvalue weighted by atomic mass is 9.88. The number of hydrogen-bond acceptors (Lipinski definition) is 6. The van der Waals surface area contributed by atoms with Gasteiger partial charge in [0.15, 0.2) is 6.04 Å². The molecule has 0 aliphatic carbocycles. The Kier molecular flexibility index (Phi) is 32.5. The summed E-state index contributed by atoms with van der Waals surface area (Å²) in [5.74, 6) is 3.73. The summed E-state index contributed by atoms with van der Waals surface area (Å²) in [6.07, 6.45) is 35.0. The summed E-state index contributed by atoms with van der Waals surface area (Å²) in [4.78, 5) is 13.3. The van der Waals surface area contributed by atoms with Gasteiger partial charge in [-0.25, -0.2) is 0 Å². The molecule has 3 heterocycles. The summed E-state index contributed by atoms with van der Waals surface area (Å²) in [6, 6.07) is -0.541. The van der Waals surface area contributed by atoms with E-state index in [0.29, 0.717) is 35.7 Å². The van der Waals surface area contributed by atoms with Crippen molar-refractivity contribution in [3.05, 3.63) is 0 Å². The van der Waals surface area contributed by atoms with Crippen molar-refractivity contribution >= 4 is 17.5 Å². The molecule has 6 nitrogen and oxygen atoms in total. The van der Waals surface area contributed by atoms with Gasteiger partial charge >= 0.3 is 6.18 Å². The van der Waals surface area contributed by atoms with E-state index in [1.54, 1.807) is 0 Å². The van der Waals surface area contributed by atoms with E-state index in [1.807, 2.05) is 0 Å². The molecule has 348 valence electrons. The van der Waals surface area contributed by atoms with Crippen LogP contribution in [0.1, 0.15) is 248 Å². The Morgan fingerprint density at radius 1 is 0.441 bits per heavy atom. The maximum absolute atomic E-state index is 12.4. The van der Waals surface area contributed by atoms with Gasteiger partial charge in [0.1, 0.15) is 0 Å². The zero-order chi connectivity index (χ0) is 43.6. The second-order valence-electron chi connectivity index (χ2n) is 19.4. The molecule has 0 spiro atoms. The lowest BCUT2D eigenvalue weighted by Gasteiger charge is -2.22. The highest BCUT2D eigenvalue weighted by Gasteiger charge is 2.42. The molecule has 3 rings (SSSR count). The Balaban J connectivity index is 0.000000443. The summed E-state index contributed by atoms with van der Waals surface area (Å²) in [6.45, 7) is 20.2. The van der Waals surface area contributed by atoms with Crippen molar-refractivity contribution in [3.8, 4) is 0 Å². The van der Waals surface area contributed by atoms with Crippen LogP contribution in [0.5, 0.6) is 0 Å². The van der Waals surface area contributed by atoms with Crippen LogP contribution in [-0.4, -0.2) is 61.4 Å². The molecule has 3 atom stereocenters. The van der Waals surface area contributed by atoms with E-state index < -0.39 is 12.2 Å². The zero-order valence-corrected chi connectivity index (χ0v) is 40.1. The highest BCUT2D eigenvalue weighted by Crippen LogP contribution is 2.26. The molecule has 0 amide bonds. The third kappa shape index (κ3) is 30.0. The highest BCUT2D eigenvalue weighted by atomic mass is 19.4. The van der Waals surface area contributed by atoms with Crippen molar-refractivity contribution in [1.82, 2.24) is 16.0 Å². The normalized spacial score (nSPS) is 18.9. The van der Waals surface area contributed by atoms with E-state index in [0.717, 1.165) is 32.4 Å². The fourth-order valence-electron chi connectivity index (χ4n) is 7.84. The van der Waals surface area contributed by atoms with E-state index in [9.17, 15) is 13.2 Å². The van der Waals surface area contributed by atoms with Crippen LogP contribution in [0.2, 0.25) is 0 Å². The molecule has 59 heavy (non-hydrogen) atoms. The maximum atomic E-state index is 12.4. The van der Waals surface area contributed by atoms with Gasteiger partial charge in [-0.3, -0.25) is 15.0 Å². The summed E-state index contributed by atoms with van der Waals surface area (Å²) in [5, 5.41) is 9.72. The average Bonchev–Trinajstić information content (AvgIpc) is 3.99. The van der Waals surface area contributed by atoms with E-state index in [4.69, 9.17) is 9.98 Å². The summed E-state index contributed by atoms with van der Waals surface area (Å²) < 4.78 is 37.2. The van der Waals surface area contributed by atoms with Crippen LogP contribution in [0.3, 0.4) is 0 Å². The van der Waals surface area contributed by atoms with Gasteiger partial charge in [0.2, 0.25) is 0 Å². The van der Waals surface area contributed by atoms with E-state index in [-0.39, 0.29) is 6.54 Å². The van der Waals surface area contributed by atoms with Crippen molar-refractivity contribution < 1.29 is 13.2 Å². The number of amidine groups is 3. The molecule has 0 fully saturated rings. The van der Waals surface area contributed by atoms with E-state index in [1.165, 1.54) is 179 Å². The van der Waals surface area contributed by atoms with Crippen molar-refractivity contribution in [3.63, 3.8) is 0 Å². The van der Waals surface area contributed by atoms with Gasteiger partial charge < -0.3 is 16.0 Å². The fourth-order valence-corrected chi connectivity index (χ4v) is 7.84. The predicted octanol–water partition coefficient (Wildman–Crippen LogP) is 15.1. The van der Waals surface area contributed by atoms with Crippen molar-refractivity contribution in [2.75, 3.05) is 19.6 Å². The Labute approximate surface area is 363 Å². The van der Waals surface area contributed by atoms with Crippen molar-refractivity contribution in [2.24, 2.45) is 26.3 Å². The summed E-state index contributed by atoms with van der Waals surface area (Å²) in [7, 11) is 0. The largest absolute Gasteiger partial charge is 0.412 e. The first kappa shape index (κ1) is 55.2. The molecular weight excluding hydrogens is 742 g/mol. The second kappa shape index (κ2) is 34.7. The molecule has 3 aliphatic heterocycles. The topological polar surface area (TPSA) is 73.2 Å². The first-order valence-electron chi connectivity index (χ1n) is 25.3. The first-order chi connectivity index (χ1) is 28.3. The molecule has 0 aromatic heterocycles. The molecule has 0 aromatic carbocycles. The van der Waals surface area contributed by atoms with Gasteiger partial charge in [0.25, 0.3) is 0 Å². The third-order valence-corrected chi connectivity index (χ3v) is 12.2. The van der Waals surface area contributed by atoms with Gasteiger partial charge in [0.05, 0.1) is 29.6 Å². The SMILES string of the molecule is CCCCCCCCCCCC1=NC(C(C)(C)C)CN1.CCCCCCCCCCCC1=NC(C(C)C)CN1.CCCCCCCCCCCC1=NC(C(F)(F)F)CN1. The standard InChI is InChI=1S/C18H36N2.C17H34N2.C15H27F3N2/c1-5-6-7-8-9-10-11-12-13-14-17-19-15-16(20-17)18(2,3)4;1-4-5-6-7-8-9-10-11-12-13-17-18-14-16(19-17)15(2)3;1-2-3-4-5-6-7-8-9-10-11-14-19-12-13(20-14)15(16,17)18/h16H,5-15H2,1-4H3,(H,19,20);15-16H,4-14H2,1-3H3,(H,18,19);13H,2-12H2,1H3,(H,19,20). The molecule has 0 radical (unpaired) electrons. The van der Waals surface area contributed by atoms with Crippen LogP contribution in [0.25, 0.3) is 0 Å². The molecule has 0 aromatic rings. The van der Waals surface area contributed by atoms with Crippen molar-refractivity contribution in [1.29, 1.82) is 0 Å². The van der Waals surface area contributed by atoms with Gasteiger partial charge in [-0.15, -0.1) is 0 Å². The third-order valence-electron chi connectivity index (χ3n) is 12.2. The van der Waals surface area contributed by atoms with Gasteiger partial charge in [-0.2, -0.15) is 13.2 Å². The lowest BCUT2D eigenvalue weighted by Crippen LogP contribution is -2.31. The van der Waals surface area contributed by atoms with Crippen LogP contribution in [0, 0.1) is 11.3 Å². The Morgan fingerprint density at radius 2 is 0.729 bits per heavy atom. The highest BCUT2D eigenvalue weighted by molar-refractivity contribution is 5.84. The Bertz CT molecular complexity index is 1020. The number of unbranched alkanes of at least 4 members (excludes halogenated alkanes) is 24. The molecule has 3 aliphatic rings. The fraction of sp³-hybridized carbons (Fsp3) is 0.940. The van der Waals surface area contributed by atoms with E-state index >= 15 is 0 Å². The van der Waals surface area contributed by atoms with Crippen LogP contribution in [0.4, 0.5) is 13.2 Å². The number of nitrogens with zero attached hydrogens (tertiary/aromatic N) is 3.